The predicted octanol–water partition coefficient (Wildman–Crippen LogP) is 2.72. The first-order valence-electron chi connectivity index (χ1n) is 8.68. The fraction of sp³-hybridized carbons (Fsp3) is 0.200. The van der Waals surface area contributed by atoms with Crippen LogP contribution < -0.4 is 10.5 Å². The zero-order valence-electron chi connectivity index (χ0n) is 15.5. The molecule has 3 N–H and O–H groups in total. The number of carbonyl (C=O) groups is 1. The van der Waals surface area contributed by atoms with Crippen LogP contribution >= 0.6 is 0 Å². The molecular formula is C20H21N3O4S. The van der Waals surface area contributed by atoms with Crippen LogP contribution in [0.2, 0.25) is 0 Å². The number of aromatic nitrogens is 1. The Hall–Kier alpha value is -2.97. The smallest absolute Gasteiger partial charge is 0.238 e. The van der Waals surface area contributed by atoms with E-state index in [2.05, 4.69) is 10.3 Å². The van der Waals surface area contributed by atoms with Crippen molar-refractivity contribution < 1.29 is 17.6 Å². The molecular weight excluding hydrogens is 378 g/mol. The van der Waals surface area contributed by atoms with Crippen molar-refractivity contribution in [3.63, 3.8) is 0 Å². The number of aryl methyl sites for hydroxylation is 1. The van der Waals surface area contributed by atoms with Crippen LogP contribution in [0.5, 0.6) is 0 Å². The average molecular weight is 399 g/mol. The van der Waals surface area contributed by atoms with Gasteiger partial charge in [0.05, 0.1) is 23.1 Å². The molecule has 2 aromatic carbocycles. The number of primary sulfonamides is 1. The van der Waals surface area contributed by atoms with Crippen molar-refractivity contribution in [2.24, 2.45) is 5.14 Å². The summed E-state index contributed by atoms with van der Waals surface area (Å²) in [4.78, 5) is 16.9. The van der Waals surface area contributed by atoms with Gasteiger partial charge in [-0.1, -0.05) is 30.3 Å². The van der Waals surface area contributed by atoms with Crippen LogP contribution in [-0.4, -0.2) is 19.3 Å². The number of carbonyl (C=O) groups excluding carboxylic acids is 1. The fourth-order valence-electron chi connectivity index (χ4n) is 2.77. The molecule has 146 valence electrons. The number of hydrogen-bond donors (Lipinski definition) is 2. The Morgan fingerprint density at radius 2 is 1.79 bits per heavy atom. The summed E-state index contributed by atoms with van der Waals surface area (Å²) < 4.78 is 28.3. The minimum absolute atomic E-state index is 0.0291. The van der Waals surface area contributed by atoms with Gasteiger partial charge in [0, 0.05) is 5.56 Å². The summed E-state index contributed by atoms with van der Waals surface area (Å²) in [5.74, 6) is 0.866. The molecule has 1 aromatic heterocycles. The maximum atomic E-state index is 12.4. The second kappa shape index (κ2) is 7.95. The van der Waals surface area contributed by atoms with Crippen molar-refractivity contribution in [2.75, 3.05) is 0 Å². The molecule has 0 radical (unpaired) electrons. The second-order valence-corrected chi connectivity index (χ2v) is 8.03. The highest BCUT2D eigenvalue weighted by atomic mass is 32.2. The standard InChI is InChI=1S/C20H21N3O4S/c1-13(15-8-10-17(11-9-15)28(21,25)26)22-19(24)12-18-14(2)27-20(23-18)16-6-4-3-5-7-16/h3-11,13H,12H2,1-2H3,(H,22,24)(H2,21,25,26). The van der Waals surface area contributed by atoms with E-state index in [1.807, 2.05) is 37.3 Å². The van der Waals surface area contributed by atoms with Crippen LogP contribution in [0, 0.1) is 6.92 Å². The fourth-order valence-corrected chi connectivity index (χ4v) is 3.29. The zero-order chi connectivity index (χ0) is 20.3. The van der Waals surface area contributed by atoms with Crippen molar-refractivity contribution in [3.8, 4) is 11.5 Å². The number of amides is 1. The molecule has 0 saturated carbocycles. The Kier molecular flexibility index (Phi) is 5.62. The molecule has 8 heteroatoms. The third-order valence-corrected chi connectivity index (χ3v) is 5.26. The zero-order valence-corrected chi connectivity index (χ0v) is 16.4. The maximum Gasteiger partial charge on any atom is 0.238 e. The molecule has 3 aromatic rings. The number of rotatable bonds is 6. The third-order valence-electron chi connectivity index (χ3n) is 4.33. The van der Waals surface area contributed by atoms with Crippen LogP contribution in [0.3, 0.4) is 0 Å². The average Bonchev–Trinajstić information content (AvgIpc) is 3.02. The summed E-state index contributed by atoms with van der Waals surface area (Å²) in [6.45, 7) is 3.59. The summed E-state index contributed by atoms with van der Waals surface area (Å²) in [5, 5.41) is 7.97. The van der Waals surface area contributed by atoms with Crippen molar-refractivity contribution in [2.45, 2.75) is 31.2 Å². The normalized spacial score (nSPS) is 12.5. The minimum Gasteiger partial charge on any atom is -0.441 e. The second-order valence-electron chi connectivity index (χ2n) is 6.47. The lowest BCUT2D eigenvalue weighted by Crippen LogP contribution is -2.28. The Morgan fingerprint density at radius 3 is 2.39 bits per heavy atom. The molecule has 0 aliphatic heterocycles. The van der Waals surface area contributed by atoms with E-state index in [1.165, 1.54) is 12.1 Å². The van der Waals surface area contributed by atoms with Gasteiger partial charge in [0.2, 0.25) is 21.8 Å². The molecule has 0 aliphatic carbocycles. The van der Waals surface area contributed by atoms with E-state index in [0.717, 1.165) is 11.1 Å². The van der Waals surface area contributed by atoms with Gasteiger partial charge >= 0.3 is 0 Å². The number of nitrogens with one attached hydrogen (secondary N) is 1. The summed E-state index contributed by atoms with van der Waals surface area (Å²) >= 11 is 0. The molecule has 0 saturated heterocycles. The summed E-state index contributed by atoms with van der Waals surface area (Å²) in [6.07, 6.45) is 0.0851. The van der Waals surface area contributed by atoms with Crippen molar-refractivity contribution in [1.82, 2.24) is 10.3 Å². The molecule has 0 fully saturated rings. The first kappa shape index (κ1) is 19.8. The highest BCUT2D eigenvalue weighted by Gasteiger charge is 2.17. The molecule has 1 heterocycles. The van der Waals surface area contributed by atoms with E-state index in [9.17, 15) is 13.2 Å². The Balaban J connectivity index is 1.66. The van der Waals surface area contributed by atoms with Gasteiger partial charge in [-0.15, -0.1) is 0 Å². The van der Waals surface area contributed by atoms with E-state index in [-0.39, 0.29) is 23.3 Å². The van der Waals surface area contributed by atoms with Gasteiger partial charge in [-0.25, -0.2) is 18.5 Å². The molecule has 7 nitrogen and oxygen atoms in total. The number of nitrogens with zero attached hydrogens (tertiary/aromatic N) is 1. The Morgan fingerprint density at radius 1 is 1.14 bits per heavy atom. The number of sulfonamides is 1. The lowest BCUT2D eigenvalue weighted by atomic mass is 10.1. The molecule has 1 amide bonds. The SMILES string of the molecule is Cc1oc(-c2ccccc2)nc1CC(=O)NC(C)c1ccc(S(N)(=O)=O)cc1. The first-order chi connectivity index (χ1) is 13.2. The quantitative estimate of drug-likeness (QED) is 0.661. The van der Waals surface area contributed by atoms with E-state index < -0.39 is 10.0 Å². The number of benzene rings is 2. The van der Waals surface area contributed by atoms with Gasteiger partial charge in [-0.2, -0.15) is 0 Å². The molecule has 0 spiro atoms. The maximum absolute atomic E-state index is 12.4. The van der Waals surface area contributed by atoms with Crippen molar-refractivity contribution >= 4 is 15.9 Å². The number of hydrogen-bond acceptors (Lipinski definition) is 5. The van der Waals surface area contributed by atoms with Gasteiger partial charge in [-0.05, 0) is 43.7 Å². The van der Waals surface area contributed by atoms with Gasteiger partial charge < -0.3 is 9.73 Å². The monoisotopic (exact) mass is 399 g/mol. The highest BCUT2D eigenvalue weighted by Crippen LogP contribution is 2.22. The molecule has 0 aliphatic rings. The summed E-state index contributed by atoms with van der Waals surface area (Å²) in [5.41, 5.74) is 2.19. The third kappa shape index (κ3) is 4.65. The van der Waals surface area contributed by atoms with Crippen LogP contribution in [0.4, 0.5) is 0 Å². The van der Waals surface area contributed by atoms with Crippen LogP contribution in [0.15, 0.2) is 63.9 Å². The topological polar surface area (TPSA) is 115 Å². The lowest BCUT2D eigenvalue weighted by molar-refractivity contribution is -0.121. The highest BCUT2D eigenvalue weighted by molar-refractivity contribution is 7.89. The first-order valence-corrected chi connectivity index (χ1v) is 10.2. The van der Waals surface area contributed by atoms with Crippen LogP contribution in [0.1, 0.15) is 30.0 Å². The molecule has 1 atom stereocenters. The van der Waals surface area contributed by atoms with E-state index in [4.69, 9.17) is 9.56 Å². The number of oxazole rings is 1. The van der Waals surface area contributed by atoms with Crippen molar-refractivity contribution in [1.29, 1.82) is 0 Å². The number of nitrogens with two attached hydrogens (primary N) is 1. The summed E-state index contributed by atoms with van der Waals surface area (Å²) in [7, 11) is -3.74. The minimum atomic E-state index is -3.74. The van der Waals surface area contributed by atoms with E-state index in [0.29, 0.717) is 17.3 Å². The molecule has 0 bridgehead atoms. The van der Waals surface area contributed by atoms with Gasteiger partial charge in [0.25, 0.3) is 0 Å². The Labute approximate surface area is 163 Å². The van der Waals surface area contributed by atoms with Gasteiger partial charge in [0.1, 0.15) is 5.76 Å². The van der Waals surface area contributed by atoms with Crippen LogP contribution in [0.25, 0.3) is 11.5 Å². The van der Waals surface area contributed by atoms with Crippen molar-refractivity contribution in [3.05, 3.63) is 71.6 Å². The Bertz CT molecular complexity index is 1070. The molecule has 1 unspecified atom stereocenters. The van der Waals surface area contributed by atoms with E-state index in [1.54, 1.807) is 19.1 Å². The lowest BCUT2D eigenvalue weighted by Gasteiger charge is -2.14. The van der Waals surface area contributed by atoms with E-state index >= 15 is 0 Å². The summed E-state index contributed by atoms with van der Waals surface area (Å²) in [6, 6.07) is 15.3. The van der Waals surface area contributed by atoms with Gasteiger partial charge in [-0.3, -0.25) is 4.79 Å². The van der Waals surface area contributed by atoms with Crippen LogP contribution in [-0.2, 0) is 21.2 Å². The molecule has 3 rings (SSSR count). The largest absolute Gasteiger partial charge is 0.441 e. The predicted molar refractivity (Wildman–Crippen MR) is 105 cm³/mol. The van der Waals surface area contributed by atoms with Gasteiger partial charge in [0.15, 0.2) is 0 Å². The molecule has 28 heavy (non-hydrogen) atoms.